The van der Waals surface area contributed by atoms with Crippen LogP contribution in [0.2, 0.25) is 0 Å². The van der Waals surface area contributed by atoms with Crippen LogP contribution in [0.3, 0.4) is 0 Å². The highest BCUT2D eigenvalue weighted by molar-refractivity contribution is 5.85. The van der Waals surface area contributed by atoms with Gasteiger partial charge in [0.25, 0.3) is 0 Å². The highest BCUT2D eigenvalue weighted by atomic mass is 16.5. The fourth-order valence-electron chi connectivity index (χ4n) is 5.63. The van der Waals surface area contributed by atoms with Crippen molar-refractivity contribution in [1.82, 2.24) is 25.1 Å². The van der Waals surface area contributed by atoms with Crippen molar-refractivity contribution in [2.45, 2.75) is 38.5 Å². The van der Waals surface area contributed by atoms with E-state index in [1.165, 1.54) is 34.7 Å². The Morgan fingerprint density at radius 3 is 2.71 bits per heavy atom. The molecule has 3 aliphatic heterocycles. The molecule has 4 heterocycles. The van der Waals surface area contributed by atoms with Crippen LogP contribution in [0, 0.1) is 0 Å². The van der Waals surface area contributed by atoms with E-state index in [-0.39, 0.29) is 0 Å². The van der Waals surface area contributed by atoms with Crippen LogP contribution in [0.1, 0.15) is 29.7 Å². The van der Waals surface area contributed by atoms with Gasteiger partial charge >= 0.3 is 6.01 Å². The molecule has 7 heteroatoms. The predicted octanol–water partition coefficient (Wildman–Crippen LogP) is 3.03. The predicted molar refractivity (Wildman–Crippen MR) is 135 cm³/mol. The van der Waals surface area contributed by atoms with Gasteiger partial charge in [0.1, 0.15) is 12.4 Å². The molecule has 0 amide bonds. The van der Waals surface area contributed by atoms with E-state index in [2.05, 4.69) is 69.5 Å². The van der Waals surface area contributed by atoms with Gasteiger partial charge in [-0.2, -0.15) is 9.97 Å². The van der Waals surface area contributed by atoms with E-state index in [1.807, 2.05) is 0 Å². The van der Waals surface area contributed by atoms with Crippen molar-refractivity contribution in [3.63, 3.8) is 0 Å². The number of anilines is 1. The molecule has 2 aromatic carbocycles. The standard InChI is InChI=1S/C27H34N6O/c1-31-13-5-9-22(31)19-34-27-29-25-18-32(16-21-8-4-7-20-6-2-3-10-23(20)21)17-24(25)26(30-27)33-14-11-28-12-15-33/h2-4,6-8,10,22,28H,5,9,11-19H2,1H3. The van der Waals surface area contributed by atoms with Crippen molar-refractivity contribution in [2.24, 2.45) is 0 Å². The van der Waals surface area contributed by atoms with Gasteiger partial charge < -0.3 is 19.9 Å². The minimum Gasteiger partial charge on any atom is -0.462 e. The Bertz CT molecular complexity index is 1160. The van der Waals surface area contributed by atoms with Gasteiger partial charge in [0.05, 0.1) is 5.69 Å². The lowest BCUT2D eigenvalue weighted by Gasteiger charge is -2.30. The molecule has 2 saturated heterocycles. The molecule has 0 spiro atoms. The normalized spacial score (nSPS) is 21.3. The first-order chi connectivity index (χ1) is 16.7. The largest absolute Gasteiger partial charge is 0.462 e. The lowest BCUT2D eigenvalue weighted by Crippen LogP contribution is -2.44. The minimum atomic E-state index is 0.461. The molecule has 1 N–H and O–H groups in total. The van der Waals surface area contributed by atoms with Crippen LogP contribution in [0.5, 0.6) is 6.01 Å². The van der Waals surface area contributed by atoms with Crippen LogP contribution in [0.25, 0.3) is 10.8 Å². The molecule has 0 saturated carbocycles. The molecule has 7 nitrogen and oxygen atoms in total. The molecule has 6 rings (SSSR count). The Balaban J connectivity index is 1.25. The molecule has 1 aromatic heterocycles. The van der Waals surface area contributed by atoms with Crippen LogP contribution in [-0.2, 0) is 19.6 Å². The lowest BCUT2D eigenvalue weighted by molar-refractivity contribution is 0.187. The summed E-state index contributed by atoms with van der Waals surface area (Å²) in [4.78, 5) is 17.2. The summed E-state index contributed by atoms with van der Waals surface area (Å²) < 4.78 is 6.20. The second-order valence-electron chi connectivity index (χ2n) is 9.86. The maximum atomic E-state index is 6.20. The number of hydrogen-bond acceptors (Lipinski definition) is 7. The number of piperazine rings is 1. The molecule has 1 atom stereocenters. The Morgan fingerprint density at radius 2 is 1.85 bits per heavy atom. The fourth-order valence-corrected chi connectivity index (χ4v) is 5.63. The molecule has 1 unspecified atom stereocenters. The number of nitrogens with one attached hydrogen (secondary N) is 1. The number of likely N-dealkylation sites (tertiary alicyclic amines) is 1. The van der Waals surface area contributed by atoms with Gasteiger partial charge in [0, 0.05) is 57.4 Å². The molecular formula is C27H34N6O. The van der Waals surface area contributed by atoms with Crippen molar-refractivity contribution in [2.75, 3.05) is 51.3 Å². The molecule has 34 heavy (non-hydrogen) atoms. The maximum absolute atomic E-state index is 6.20. The zero-order valence-corrected chi connectivity index (χ0v) is 20.0. The Kier molecular flexibility index (Phi) is 6.07. The van der Waals surface area contributed by atoms with Gasteiger partial charge in [0.15, 0.2) is 0 Å². The summed E-state index contributed by atoms with van der Waals surface area (Å²) in [6.07, 6.45) is 2.43. The molecular weight excluding hydrogens is 424 g/mol. The van der Waals surface area contributed by atoms with E-state index in [9.17, 15) is 0 Å². The number of benzene rings is 2. The Labute approximate surface area is 201 Å². The summed E-state index contributed by atoms with van der Waals surface area (Å²) in [5, 5.41) is 6.09. The van der Waals surface area contributed by atoms with Crippen LogP contribution in [-0.4, -0.2) is 72.2 Å². The SMILES string of the molecule is CN1CCCC1COc1nc2c(c(N3CCNCC3)n1)CN(Cc1cccc3ccccc13)C2. The number of ether oxygens (including phenoxy) is 1. The summed E-state index contributed by atoms with van der Waals surface area (Å²) in [5.74, 6) is 1.07. The molecule has 0 aliphatic carbocycles. The topological polar surface area (TPSA) is 56.8 Å². The quantitative estimate of drug-likeness (QED) is 0.609. The van der Waals surface area contributed by atoms with Crippen LogP contribution in [0.4, 0.5) is 5.82 Å². The number of likely N-dealkylation sites (N-methyl/N-ethyl adjacent to an activating group) is 1. The average molecular weight is 459 g/mol. The Hall–Kier alpha value is -2.74. The third-order valence-corrected chi connectivity index (χ3v) is 7.57. The average Bonchev–Trinajstić information content (AvgIpc) is 3.48. The van der Waals surface area contributed by atoms with E-state index >= 15 is 0 Å². The Morgan fingerprint density at radius 1 is 1.00 bits per heavy atom. The van der Waals surface area contributed by atoms with Gasteiger partial charge in [-0.25, -0.2) is 0 Å². The monoisotopic (exact) mass is 458 g/mol. The van der Waals surface area contributed by atoms with Crippen molar-refractivity contribution >= 4 is 16.6 Å². The second kappa shape index (κ2) is 9.49. The third-order valence-electron chi connectivity index (χ3n) is 7.57. The van der Waals surface area contributed by atoms with Crippen molar-refractivity contribution in [1.29, 1.82) is 0 Å². The smallest absolute Gasteiger partial charge is 0.318 e. The minimum absolute atomic E-state index is 0.461. The van der Waals surface area contributed by atoms with Crippen molar-refractivity contribution < 1.29 is 4.74 Å². The molecule has 0 bridgehead atoms. The maximum Gasteiger partial charge on any atom is 0.318 e. The van der Waals surface area contributed by atoms with E-state index in [1.54, 1.807) is 0 Å². The van der Waals surface area contributed by atoms with Crippen LogP contribution in [0.15, 0.2) is 42.5 Å². The van der Waals surface area contributed by atoms with Gasteiger partial charge in [-0.3, -0.25) is 4.90 Å². The van der Waals surface area contributed by atoms with Crippen molar-refractivity contribution in [3.05, 3.63) is 59.3 Å². The molecule has 178 valence electrons. The first kappa shape index (κ1) is 21.8. The number of aromatic nitrogens is 2. The van der Waals surface area contributed by atoms with E-state index in [0.717, 1.165) is 63.9 Å². The van der Waals surface area contributed by atoms with Crippen LogP contribution >= 0.6 is 0 Å². The number of fused-ring (bicyclic) bond motifs is 2. The zero-order chi connectivity index (χ0) is 22.9. The summed E-state index contributed by atoms with van der Waals surface area (Å²) in [6.45, 7) is 8.34. The third kappa shape index (κ3) is 4.35. The molecule has 3 aromatic rings. The second-order valence-corrected chi connectivity index (χ2v) is 9.86. The first-order valence-electron chi connectivity index (χ1n) is 12.6. The number of hydrogen-bond donors (Lipinski definition) is 1. The first-order valence-corrected chi connectivity index (χ1v) is 12.6. The summed E-state index contributed by atoms with van der Waals surface area (Å²) in [7, 11) is 2.18. The van der Waals surface area contributed by atoms with E-state index < -0.39 is 0 Å². The highest BCUT2D eigenvalue weighted by Gasteiger charge is 2.29. The van der Waals surface area contributed by atoms with Gasteiger partial charge in [-0.15, -0.1) is 0 Å². The summed E-state index contributed by atoms with van der Waals surface area (Å²) in [6, 6.07) is 16.3. The van der Waals surface area contributed by atoms with Gasteiger partial charge in [-0.05, 0) is 42.8 Å². The van der Waals surface area contributed by atoms with Gasteiger partial charge in [0.2, 0.25) is 0 Å². The van der Waals surface area contributed by atoms with Gasteiger partial charge in [-0.1, -0.05) is 42.5 Å². The number of nitrogens with zero attached hydrogens (tertiary/aromatic N) is 5. The highest BCUT2D eigenvalue weighted by Crippen LogP contribution is 2.33. The molecule has 0 radical (unpaired) electrons. The molecule has 3 aliphatic rings. The summed E-state index contributed by atoms with van der Waals surface area (Å²) in [5.41, 5.74) is 3.76. The van der Waals surface area contributed by atoms with Crippen LogP contribution < -0.4 is 15.0 Å². The summed E-state index contributed by atoms with van der Waals surface area (Å²) >= 11 is 0. The van der Waals surface area contributed by atoms with Crippen molar-refractivity contribution in [3.8, 4) is 6.01 Å². The molecule has 2 fully saturated rings. The van der Waals surface area contributed by atoms with E-state index in [0.29, 0.717) is 18.7 Å². The fraction of sp³-hybridized carbons (Fsp3) is 0.481. The van der Waals surface area contributed by atoms with E-state index in [4.69, 9.17) is 14.7 Å². The zero-order valence-electron chi connectivity index (χ0n) is 20.0. The lowest BCUT2D eigenvalue weighted by atomic mass is 10.0. The number of rotatable bonds is 6.